The lowest BCUT2D eigenvalue weighted by atomic mass is 9.87. The van der Waals surface area contributed by atoms with E-state index >= 15 is 0 Å². The molecule has 0 aliphatic carbocycles. The fraction of sp³-hybridized carbons (Fsp3) is 0.395. The smallest absolute Gasteiger partial charge is 0.420 e. The summed E-state index contributed by atoms with van der Waals surface area (Å²) in [4.78, 5) is 35.0. The van der Waals surface area contributed by atoms with Crippen LogP contribution in [0.15, 0.2) is 67.0 Å². The lowest BCUT2D eigenvalue weighted by molar-refractivity contribution is 0.0525. The van der Waals surface area contributed by atoms with Crippen LogP contribution in [0.5, 0.6) is 23.0 Å². The van der Waals surface area contributed by atoms with Crippen molar-refractivity contribution in [2.45, 2.75) is 66.2 Å². The highest BCUT2D eigenvalue weighted by Crippen LogP contribution is 2.43. The van der Waals surface area contributed by atoms with Gasteiger partial charge in [-0.2, -0.15) is 0 Å². The number of nitrogens with zero attached hydrogens (tertiary/aromatic N) is 4. The zero-order valence-corrected chi connectivity index (χ0v) is 29.2. The van der Waals surface area contributed by atoms with Gasteiger partial charge in [0.1, 0.15) is 23.4 Å². The number of fused-ring (bicyclic) bond motifs is 1. The number of hydrogen-bond acceptors (Lipinski definition) is 8. The van der Waals surface area contributed by atoms with E-state index in [0.717, 1.165) is 34.5 Å². The van der Waals surface area contributed by atoms with Crippen molar-refractivity contribution in [3.8, 4) is 23.0 Å². The Bertz CT molecular complexity index is 1750. The first-order chi connectivity index (χ1) is 23.0. The number of imidazole rings is 1. The number of aromatic nitrogens is 2. The van der Waals surface area contributed by atoms with Gasteiger partial charge in [-0.25, -0.2) is 14.3 Å². The van der Waals surface area contributed by atoms with Gasteiger partial charge in [0.05, 0.1) is 31.6 Å². The van der Waals surface area contributed by atoms with Crippen molar-refractivity contribution >= 4 is 12.0 Å². The van der Waals surface area contributed by atoms with Gasteiger partial charge in [-0.15, -0.1) is 0 Å². The summed E-state index contributed by atoms with van der Waals surface area (Å²) in [6.07, 6.45) is 1.81. The molecule has 0 spiro atoms. The summed E-state index contributed by atoms with van der Waals surface area (Å²) in [5.41, 5.74) is 4.68. The predicted octanol–water partition coefficient (Wildman–Crippen LogP) is 7.41. The van der Waals surface area contributed by atoms with E-state index < -0.39 is 11.7 Å². The number of aryl methyl sites for hydroxylation is 1. The quantitative estimate of drug-likeness (QED) is 0.174. The Hall–Kier alpha value is -4.83. The standard InChI is InChI=1S/C38H46N4O6/c1-9-40(10-2)36(43)27-16-14-26(15-17-27)35-31-22-34(47-30-13-11-12-29(21-30)45-7)33(46-8)20-28(31)18-19-41(35)23-32-25(3)39-24-42(32)37(44)48-38(4,5)6/h11-17,20-22,24,35H,9-10,18-19,23H2,1-8H3. The Balaban J connectivity index is 1.59. The minimum atomic E-state index is -0.651. The van der Waals surface area contributed by atoms with Gasteiger partial charge in [-0.1, -0.05) is 18.2 Å². The van der Waals surface area contributed by atoms with Crippen LogP contribution in [0.2, 0.25) is 0 Å². The van der Waals surface area contributed by atoms with E-state index in [4.69, 9.17) is 18.9 Å². The van der Waals surface area contributed by atoms with Crippen LogP contribution in [0.3, 0.4) is 0 Å². The van der Waals surface area contributed by atoms with Crippen molar-refractivity contribution in [1.29, 1.82) is 0 Å². The van der Waals surface area contributed by atoms with Crippen molar-refractivity contribution < 1.29 is 28.5 Å². The molecule has 1 aromatic heterocycles. The Morgan fingerprint density at radius 1 is 0.938 bits per heavy atom. The van der Waals surface area contributed by atoms with Crippen LogP contribution in [0.1, 0.15) is 79.1 Å². The van der Waals surface area contributed by atoms with Gasteiger partial charge in [0.2, 0.25) is 0 Å². The van der Waals surface area contributed by atoms with E-state index in [9.17, 15) is 9.59 Å². The summed E-state index contributed by atoms with van der Waals surface area (Å²) in [7, 11) is 3.26. The molecule has 1 unspecified atom stereocenters. The van der Waals surface area contributed by atoms with Crippen LogP contribution in [0.25, 0.3) is 0 Å². The third kappa shape index (κ3) is 7.49. The monoisotopic (exact) mass is 654 g/mol. The molecule has 2 heterocycles. The second kappa shape index (κ2) is 14.5. The number of ether oxygens (including phenoxy) is 4. The van der Waals surface area contributed by atoms with Gasteiger partial charge in [-0.05, 0) is 101 Å². The lowest BCUT2D eigenvalue weighted by Crippen LogP contribution is -2.37. The topological polar surface area (TPSA) is 95.4 Å². The first-order valence-corrected chi connectivity index (χ1v) is 16.4. The van der Waals surface area contributed by atoms with Crippen molar-refractivity contribution in [3.05, 3.63) is 101 Å². The minimum absolute atomic E-state index is 0.00282. The van der Waals surface area contributed by atoms with Crippen molar-refractivity contribution in [1.82, 2.24) is 19.4 Å². The normalized spacial score (nSPS) is 14.6. The van der Waals surface area contributed by atoms with E-state index in [0.29, 0.717) is 54.7 Å². The molecule has 0 bridgehead atoms. The van der Waals surface area contributed by atoms with Crippen molar-refractivity contribution in [2.24, 2.45) is 0 Å². The third-order valence-corrected chi connectivity index (χ3v) is 8.56. The fourth-order valence-corrected chi connectivity index (χ4v) is 6.09. The molecule has 1 atom stereocenters. The zero-order valence-electron chi connectivity index (χ0n) is 29.2. The van der Waals surface area contributed by atoms with Gasteiger partial charge in [-0.3, -0.25) is 9.69 Å². The Morgan fingerprint density at radius 2 is 1.65 bits per heavy atom. The molecular formula is C38H46N4O6. The van der Waals surface area contributed by atoms with Gasteiger partial charge < -0.3 is 23.8 Å². The maximum atomic E-state index is 13.2. The third-order valence-electron chi connectivity index (χ3n) is 8.56. The largest absolute Gasteiger partial charge is 0.497 e. The molecule has 3 aromatic carbocycles. The molecule has 1 aliphatic heterocycles. The highest BCUT2D eigenvalue weighted by Gasteiger charge is 2.33. The maximum absolute atomic E-state index is 13.2. The molecule has 48 heavy (non-hydrogen) atoms. The Morgan fingerprint density at radius 3 is 2.29 bits per heavy atom. The van der Waals surface area contributed by atoms with Crippen molar-refractivity contribution in [2.75, 3.05) is 33.9 Å². The van der Waals surface area contributed by atoms with E-state index in [-0.39, 0.29) is 11.9 Å². The van der Waals surface area contributed by atoms with Gasteiger partial charge >= 0.3 is 6.09 Å². The molecule has 254 valence electrons. The minimum Gasteiger partial charge on any atom is -0.497 e. The number of rotatable bonds is 10. The number of hydrogen-bond donors (Lipinski definition) is 0. The number of carbonyl (C=O) groups is 2. The maximum Gasteiger partial charge on any atom is 0.420 e. The number of carbonyl (C=O) groups excluding carboxylic acids is 2. The second-order valence-corrected chi connectivity index (χ2v) is 12.8. The summed E-state index contributed by atoms with van der Waals surface area (Å²) in [6, 6.07) is 19.1. The highest BCUT2D eigenvalue weighted by molar-refractivity contribution is 5.94. The molecule has 1 aliphatic rings. The summed E-state index contributed by atoms with van der Waals surface area (Å²) in [6.45, 7) is 13.8. The molecule has 0 saturated carbocycles. The molecular weight excluding hydrogens is 608 g/mol. The molecule has 0 radical (unpaired) electrons. The van der Waals surface area contributed by atoms with Crippen LogP contribution in [-0.2, 0) is 17.7 Å². The molecule has 1 amide bonds. The molecule has 0 N–H and O–H groups in total. The lowest BCUT2D eigenvalue weighted by Gasteiger charge is -2.38. The molecule has 10 nitrogen and oxygen atoms in total. The Labute approximate surface area is 283 Å². The predicted molar refractivity (Wildman–Crippen MR) is 184 cm³/mol. The SMILES string of the molecule is CCN(CC)C(=O)c1ccc(C2c3cc(Oc4cccc(OC)c4)c(OC)cc3CCN2Cc2c(C)ncn2C(=O)OC(C)(C)C)cc1. The summed E-state index contributed by atoms with van der Waals surface area (Å²) < 4.78 is 24.8. The average Bonchev–Trinajstić information content (AvgIpc) is 3.43. The van der Waals surface area contributed by atoms with Crippen molar-refractivity contribution in [3.63, 3.8) is 0 Å². The molecule has 10 heteroatoms. The van der Waals surface area contributed by atoms with Crippen LogP contribution in [0, 0.1) is 6.92 Å². The molecule has 0 fully saturated rings. The summed E-state index contributed by atoms with van der Waals surface area (Å²) in [5.74, 6) is 2.50. The van der Waals surface area contributed by atoms with Gasteiger partial charge in [0.15, 0.2) is 11.5 Å². The zero-order chi connectivity index (χ0) is 34.6. The Kier molecular flexibility index (Phi) is 10.4. The molecule has 4 aromatic rings. The van der Waals surface area contributed by atoms with E-state index in [2.05, 4.69) is 9.88 Å². The van der Waals surface area contributed by atoms with Crippen LogP contribution in [0.4, 0.5) is 4.79 Å². The highest BCUT2D eigenvalue weighted by atomic mass is 16.6. The second-order valence-electron chi connectivity index (χ2n) is 12.8. The number of methoxy groups -OCH3 is 2. The van der Waals surface area contributed by atoms with Crippen LogP contribution in [-0.4, -0.2) is 70.8 Å². The number of benzene rings is 3. The van der Waals surface area contributed by atoms with E-state index in [1.165, 1.54) is 10.9 Å². The first kappa shape index (κ1) is 34.5. The van der Waals surface area contributed by atoms with Gasteiger partial charge in [0, 0.05) is 37.8 Å². The molecule has 0 saturated heterocycles. The van der Waals surface area contributed by atoms with E-state index in [1.54, 1.807) is 14.2 Å². The first-order valence-electron chi connectivity index (χ1n) is 16.4. The summed E-state index contributed by atoms with van der Waals surface area (Å²) in [5, 5.41) is 0. The van der Waals surface area contributed by atoms with Gasteiger partial charge in [0.25, 0.3) is 5.91 Å². The van der Waals surface area contributed by atoms with E-state index in [1.807, 2.05) is 107 Å². The van der Waals surface area contributed by atoms with Crippen LogP contribution < -0.4 is 14.2 Å². The summed E-state index contributed by atoms with van der Waals surface area (Å²) >= 11 is 0. The fourth-order valence-electron chi connectivity index (χ4n) is 6.09. The van der Waals surface area contributed by atoms with Crippen LogP contribution >= 0.6 is 0 Å². The number of amides is 1. The average molecular weight is 655 g/mol. The molecule has 5 rings (SSSR count).